The Balaban J connectivity index is 1.49. The highest BCUT2D eigenvalue weighted by molar-refractivity contribution is 7.18. The zero-order valence-electron chi connectivity index (χ0n) is 20.9. The summed E-state index contributed by atoms with van der Waals surface area (Å²) in [6.45, 7) is 2.05. The van der Waals surface area contributed by atoms with Crippen molar-refractivity contribution in [2.75, 3.05) is 5.32 Å². The standard InChI is InChI=1S/C29H25F3N4O2S/c1-17-11-12-19(26(37)34-20-13-14-20)15-23(17)35-28-36-24(21-9-5-6-10-22(21)29(30,31)32)25(39-28)27(38)33-16-18-7-3-2-4-8-18/h2-12,15,20H,13-14,16H2,1H3,(H,33,38)(H,34,37)(H,35,36). The lowest BCUT2D eigenvalue weighted by molar-refractivity contribution is -0.137. The van der Waals surface area contributed by atoms with Gasteiger partial charge in [0.25, 0.3) is 11.8 Å². The van der Waals surface area contributed by atoms with E-state index in [1.54, 1.807) is 18.2 Å². The number of amides is 2. The van der Waals surface area contributed by atoms with E-state index in [1.165, 1.54) is 18.2 Å². The molecule has 1 heterocycles. The molecule has 0 saturated heterocycles. The number of thiazole rings is 1. The normalized spacial score (nSPS) is 13.1. The molecule has 1 aromatic heterocycles. The van der Waals surface area contributed by atoms with Crippen molar-refractivity contribution in [3.63, 3.8) is 0 Å². The molecule has 1 saturated carbocycles. The lowest BCUT2D eigenvalue weighted by Crippen LogP contribution is -2.25. The Kier molecular flexibility index (Phi) is 7.38. The Hall–Kier alpha value is -4.18. The van der Waals surface area contributed by atoms with Crippen LogP contribution in [0, 0.1) is 6.92 Å². The van der Waals surface area contributed by atoms with Gasteiger partial charge in [0, 0.05) is 29.4 Å². The van der Waals surface area contributed by atoms with Crippen LogP contribution in [0.4, 0.5) is 24.0 Å². The summed E-state index contributed by atoms with van der Waals surface area (Å²) in [7, 11) is 0. The summed E-state index contributed by atoms with van der Waals surface area (Å²) in [5.41, 5.74) is 1.54. The fourth-order valence-corrected chi connectivity index (χ4v) is 4.92. The third-order valence-electron chi connectivity index (χ3n) is 6.27. The first kappa shape index (κ1) is 26.4. The van der Waals surface area contributed by atoms with Gasteiger partial charge in [-0.2, -0.15) is 13.2 Å². The molecule has 3 aromatic carbocycles. The topological polar surface area (TPSA) is 83.1 Å². The number of aromatic nitrogens is 1. The maximum absolute atomic E-state index is 13.9. The molecule has 1 fully saturated rings. The van der Waals surface area contributed by atoms with E-state index in [2.05, 4.69) is 20.9 Å². The van der Waals surface area contributed by atoms with Crippen molar-refractivity contribution >= 4 is 34.0 Å². The molecular formula is C29H25F3N4O2S. The molecule has 4 aromatic rings. The van der Waals surface area contributed by atoms with Crippen molar-refractivity contribution in [2.24, 2.45) is 0 Å². The van der Waals surface area contributed by atoms with Crippen LogP contribution < -0.4 is 16.0 Å². The second-order valence-electron chi connectivity index (χ2n) is 9.31. The van der Waals surface area contributed by atoms with Crippen LogP contribution in [0.25, 0.3) is 11.3 Å². The maximum atomic E-state index is 13.9. The Morgan fingerprint density at radius 1 is 0.974 bits per heavy atom. The third kappa shape index (κ3) is 6.28. The summed E-state index contributed by atoms with van der Waals surface area (Å²) in [4.78, 5) is 30.3. The van der Waals surface area contributed by atoms with Crippen molar-refractivity contribution in [1.82, 2.24) is 15.6 Å². The summed E-state index contributed by atoms with van der Waals surface area (Å²) in [5, 5.41) is 9.08. The maximum Gasteiger partial charge on any atom is 0.417 e. The van der Waals surface area contributed by atoms with Crippen LogP contribution >= 0.6 is 11.3 Å². The Morgan fingerprint density at radius 3 is 2.41 bits per heavy atom. The predicted molar refractivity (Wildman–Crippen MR) is 145 cm³/mol. The zero-order valence-corrected chi connectivity index (χ0v) is 21.7. The van der Waals surface area contributed by atoms with Gasteiger partial charge in [0.2, 0.25) is 0 Å². The molecule has 1 aliphatic rings. The number of aryl methyl sites for hydroxylation is 1. The second-order valence-corrected chi connectivity index (χ2v) is 10.3. The van der Waals surface area contributed by atoms with Crippen LogP contribution in [0.15, 0.2) is 72.8 Å². The molecule has 6 nitrogen and oxygen atoms in total. The molecule has 3 N–H and O–H groups in total. The summed E-state index contributed by atoms with van der Waals surface area (Å²) >= 11 is 0.953. The van der Waals surface area contributed by atoms with Crippen LogP contribution in [-0.4, -0.2) is 22.8 Å². The quantitative estimate of drug-likeness (QED) is 0.228. The Labute approximate surface area is 227 Å². The summed E-state index contributed by atoms with van der Waals surface area (Å²) in [6, 6.07) is 19.6. The molecular weight excluding hydrogens is 525 g/mol. The fourth-order valence-electron chi connectivity index (χ4n) is 4.01. The highest BCUT2D eigenvalue weighted by atomic mass is 32.1. The number of nitrogens with one attached hydrogen (secondary N) is 3. The molecule has 0 atom stereocenters. The summed E-state index contributed by atoms with van der Waals surface area (Å²) in [5.74, 6) is -0.730. The molecule has 10 heteroatoms. The van der Waals surface area contributed by atoms with E-state index < -0.39 is 17.6 Å². The number of carbonyl (C=O) groups is 2. The van der Waals surface area contributed by atoms with Gasteiger partial charge in [-0.3, -0.25) is 9.59 Å². The van der Waals surface area contributed by atoms with Gasteiger partial charge in [-0.05, 0) is 49.1 Å². The van der Waals surface area contributed by atoms with Crippen LogP contribution in [0.5, 0.6) is 0 Å². The highest BCUT2D eigenvalue weighted by Crippen LogP contribution is 2.40. The average molecular weight is 551 g/mol. The third-order valence-corrected chi connectivity index (χ3v) is 7.24. The number of hydrogen-bond donors (Lipinski definition) is 3. The van der Waals surface area contributed by atoms with Gasteiger partial charge < -0.3 is 16.0 Å². The van der Waals surface area contributed by atoms with Gasteiger partial charge in [0.05, 0.1) is 11.3 Å². The minimum Gasteiger partial charge on any atom is -0.349 e. The lowest BCUT2D eigenvalue weighted by atomic mass is 10.0. The van der Waals surface area contributed by atoms with E-state index in [-0.39, 0.29) is 39.8 Å². The molecule has 39 heavy (non-hydrogen) atoms. The zero-order chi connectivity index (χ0) is 27.6. The van der Waals surface area contributed by atoms with Crippen molar-refractivity contribution in [3.8, 4) is 11.3 Å². The van der Waals surface area contributed by atoms with Crippen LogP contribution in [-0.2, 0) is 12.7 Å². The molecule has 0 spiro atoms. The number of benzene rings is 3. The minimum absolute atomic E-state index is 0.0467. The van der Waals surface area contributed by atoms with Gasteiger partial charge in [-0.1, -0.05) is 65.9 Å². The number of hydrogen-bond acceptors (Lipinski definition) is 5. The van der Waals surface area contributed by atoms with Crippen LogP contribution in [0.1, 0.15) is 49.6 Å². The molecule has 0 bridgehead atoms. The molecule has 0 radical (unpaired) electrons. The number of nitrogens with zero attached hydrogens (tertiary/aromatic N) is 1. The Morgan fingerprint density at radius 2 is 1.69 bits per heavy atom. The summed E-state index contributed by atoms with van der Waals surface area (Å²) in [6.07, 6.45) is -2.72. The number of alkyl halides is 3. The van der Waals surface area contributed by atoms with E-state index >= 15 is 0 Å². The number of rotatable bonds is 8. The smallest absolute Gasteiger partial charge is 0.349 e. The number of anilines is 2. The fraction of sp³-hybridized carbons (Fsp3) is 0.207. The van der Waals surface area contributed by atoms with Gasteiger partial charge in [0.1, 0.15) is 4.88 Å². The highest BCUT2D eigenvalue weighted by Gasteiger charge is 2.35. The number of halogens is 3. The van der Waals surface area contributed by atoms with Crippen molar-refractivity contribution < 1.29 is 22.8 Å². The van der Waals surface area contributed by atoms with Gasteiger partial charge in [0.15, 0.2) is 5.13 Å². The second kappa shape index (κ2) is 10.9. The lowest BCUT2D eigenvalue weighted by Gasteiger charge is -2.12. The van der Waals surface area contributed by atoms with Crippen LogP contribution in [0.2, 0.25) is 0 Å². The van der Waals surface area contributed by atoms with E-state index in [1.807, 2.05) is 37.3 Å². The average Bonchev–Trinajstić information content (AvgIpc) is 3.64. The molecule has 200 valence electrons. The van der Waals surface area contributed by atoms with E-state index in [0.29, 0.717) is 11.3 Å². The molecule has 5 rings (SSSR count). The number of carbonyl (C=O) groups excluding carboxylic acids is 2. The van der Waals surface area contributed by atoms with Crippen molar-refractivity contribution in [2.45, 2.75) is 38.5 Å². The van der Waals surface area contributed by atoms with Crippen molar-refractivity contribution in [3.05, 3.63) is 99.9 Å². The minimum atomic E-state index is -4.63. The van der Waals surface area contributed by atoms with E-state index in [9.17, 15) is 22.8 Å². The Bertz CT molecular complexity index is 1510. The van der Waals surface area contributed by atoms with Gasteiger partial charge >= 0.3 is 6.18 Å². The van der Waals surface area contributed by atoms with Gasteiger partial charge in [-0.25, -0.2) is 4.98 Å². The van der Waals surface area contributed by atoms with Gasteiger partial charge in [-0.15, -0.1) is 0 Å². The molecule has 0 aliphatic heterocycles. The monoisotopic (exact) mass is 550 g/mol. The molecule has 2 amide bonds. The first-order chi connectivity index (χ1) is 18.7. The first-order valence-corrected chi connectivity index (χ1v) is 13.2. The van der Waals surface area contributed by atoms with Crippen LogP contribution in [0.3, 0.4) is 0 Å². The predicted octanol–water partition coefficient (Wildman–Crippen LogP) is 6.70. The largest absolute Gasteiger partial charge is 0.417 e. The molecule has 1 aliphatic carbocycles. The molecule has 0 unspecified atom stereocenters. The van der Waals surface area contributed by atoms with E-state index in [4.69, 9.17) is 0 Å². The first-order valence-electron chi connectivity index (χ1n) is 12.4. The van der Waals surface area contributed by atoms with Crippen molar-refractivity contribution in [1.29, 1.82) is 0 Å². The summed E-state index contributed by atoms with van der Waals surface area (Å²) < 4.78 is 41.6. The van der Waals surface area contributed by atoms with E-state index in [0.717, 1.165) is 41.4 Å². The SMILES string of the molecule is Cc1ccc(C(=O)NC2CC2)cc1Nc1nc(-c2ccccc2C(F)(F)F)c(C(=O)NCc2ccccc2)s1.